The quantitative estimate of drug-likeness (QED) is 0.878. The maximum absolute atomic E-state index is 12.4. The Balaban J connectivity index is 2.02. The molecule has 0 atom stereocenters. The van der Waals surface area contributed by atoms with Gasteiger partial charge in [-0.1, -0.05) is 18.2 Å². The number of fused-ring (bicyclic) bond motifs is 1. The van der Waals surface area contributed by atoms with E-state index >= 15 is 0 Å². The Morgan fingerprint density at radius 1 is 1.42 bits per heavy atom. The predicted octanol–water partition coefficient (Wildman–Crippen LogP) is 1.76. The third kappa shape index (κ3) is 2.19. The summed E-state index contributed by atoms with van der Waals surface area (Å²) in [4.78, 5) is 16.9. The van der Waals surface area contributed by atoms with E-state index in [1.54, 1.807) is 0 Å². The molecule has 2 aromatic rings. The SMILES string of the molecule is Cc1cc(C(=O)NC2(CN)CC2)c2ccccc2n1. The fourth-order valence-electron chi connectivity index (χ4n) is 2.33. The Morgan fingerprint density at radius 2 is 2.16 bits per heavy atom. The van der Waals surface area contributed by atoms with Gasteiger partial charge in [0.1, 0.15) is 0 Å². The number of pyridine rings is 1. The van der Waals surface area contributed by atoms with E-state index < -0.39 is 0 Å². The average Bonchev–Trinajstić information content (AvgIpc) is 3.18. The van der Waals surface area contributed by atoms with Crippen LogP contribution in [-0.4, -0.2) is 23.0 Å². The highest BCUT2D eigenvalue weighted by atomic mass is 16.1. The van der Waals surface area contributed by atoms with E-state index in [9.17, 15) is 4.79 Å². The van der Waals surface area contributed by atoms with E-state index in [1.807, 2.05) is 37.3 Å². The number of hydrogen-bond donors (Lipinski definition) is 2. The minimum absolute atomic E-state index is 0.0512. The van der Waals surface area contributed by atoms with Crippen LogP contribution in [-0.2, 0) is 0 Å². The lowest BCUT2D eigenvalue weighted by molar-refractivity contribution is 0.0934. The summed E-state index contributed by atoms with van der Waals surface area (Å²) in [5, 5.41) is 3.95. The third-order valence-corrected chi connectivity index (χ3v) is 3.71. The number of nitrogens with two attached hydrogens (primary N) is 1. The number of amides is 1. The van der Waals surface area contributed by atoms with Gasteiger partial charge in [0.2, 0.25) is 0 Å². The number of carbonyl (C=O) groups is 1. The van der Waals surface area contributed by atoms with Crippen molar-refractivity contribution in [3.8, 4) is 0 Å². The summed E-state index contributed by atoms with van der Waals surface area (Å²) in [5.74, 6) is -0.0512. The number of carbonyl (C=O) groups excluding carboxylic acids is 1. The zero-order valence-electron chi connectivity index (χ0n) is 10.9. The smallest absolute Gasteiger partial charge is 0.252 e. The zero-order chi connectivity index (χ0) is 13.5. The van der Waals surface area contributed by atoms with E-state index in [-0.39, 0.29) is 11.4 Å². The van der Waals surface area contributed by atoms with Crippen molar-refractivity contribution < 1.29 is 4.79 Å². The summed E-state index contributed by atoms with van der Waals surface area (Å²) < 4.78 is 0. The Hall–Kier alpha value is -1.94. The summed E-state index contributed by atoms with van der Waals surface area (Å²) in [6.07, 6.45) is 1.94. The Morgan fingerprint density at radius 3 is 2.84 bits per heavy atom. The molecule has 0 spiro atoms. The van der Waals surface area contributed by atoms with Gasteiger partial charge in [0, 0.05) is 17.6 Å². The molecule has 1 amide bonds. The van der Waals surface area contributed by atoms with Gasteiger partial charge >= 0.3 is 0 Å². The number of aryl methyl sites for hydroxylation is 1. The molecule has 0 unspecified atom stereocenters. The predicted molar refractivity (Wildman–Crippen MR) is 75.0 cm³/mol. The number of para-hydroxylation sites is 1. The molecular formula is C15H17N3O. The molecule has 0 bridgehead atoms. The van der Waals surface area contributed by atoms with Crippen molar-refractivity contribution >= 4 is 16.8 Å². The third-order valence-electron chi connectivity index (χ3n) is 3.71. The summed E-state index contributed by atoms with van der Waals surface area (Å²) in [7, 11) is 0. The summed E-state index contributed by atoms with van der Waals surface area (Å²) >= 11 is 0. The van der Waals surface area contributed by atoms with Gasteiger partial charge in [-0.3, -0.25) is 9.78 Å². The topological polar surface area (TPSA) is 68.0 Å². The second kappa shape index (κ2) is 4.31. The van der Waals surface area contributed by atoms with Crippen LogP contribution in [0.5, 0.6) is 0 Å². The fourth-order valence-corrected chi connectivity index (χ4v) is 2.33. The molecule has 1 aliphatic rings. The standard InChI is InChI=1S/C15H17N3O/c1-10-8-12(11-4-2-3-5-13(11)17-10)14(19)18-15(9-16)6-7-15/h2-5,8H,6-7,9,16H2,1H3,(H,18,19). The molecule has 1 fully saturated rings. The lowest BCUT2D eigenvalue weighted by Gasteiger charge is -2.16. The van der Waals surface area contributed by atoms with Gasteiger partial charge < -0.3 is 11.1 Å². The van der Waals surface area contributed by atoms with Crippen LogP contribution in [0.15, 0.2) is 30.3 Å². The maximum atomic E-state index is 12.4. The molecule has 98 valence electrons. The van der Waals surface area contributed by atoms with E-state index in [1.165, 1.54) is 0 Å². The van der Waals surface area contributed by atoms with Crippen LogP contribution in [0.4, 0.5) is 0 Å². The largest absolute Gasteiger partial charge is 0.345 e. The second-order valence-corrected chi connectivity index (χ2v) is 5.27. The van der Waals surface area contributed by atoms with Crippen molar-refractivity contribution in [2.75, 3.05) is 6.54 Å². The molecule has 1 heterocycles. The molecule has 1 aliphatic carbocycles. The van der Waals surface area contributed by atoms with Crippen LogP contribution in [0.3, 0.4) is 0 Å². The van der Waals surface area contributed by atoms with Crippen molar-refractivity contribution in [3.05, 3.63) is 41.6 Å². The van der Waals surface area contributed by atoms with E-state index in [4.69, 9.17) is 5.73 Å². The molecule has 3 rings (SSSR count). The van der Waals surface area contributed by atoms with Gasteiger partial charge in [0.15, 0.2) is 0 Å². The molecule has 0 aliphatic heterocycles. The Kier molecular flexibility index (Phi) is 2.75. The van der Waals surface area contributed by atoms with Crippen molar-refractivity contribution in [1.29, 1.82) is 0 Å². The first kappa shape index (κ1) is 12.1. The van der Waals surface area contributed by atoms with Gasteiger partial charge in [-0.05, 0) is 31.9 Å². The van der Waals surface area contributed by atoms with E-state index in [0.29, 0.717) is 12.1 Å². The van der Waals surface area contributed by atoms with Crippen molar-refractivity contribution in [2.45, 2.75) is 25.3 Å². The molecule has 3 N–H and O–H groups in total. The molecule has 1 aromatic carbocycles. The van der Waals surface area contributed by atoms with Crippen LogP contribution in [0.25, 0.3) is 10.9 Å². The normalized spacial score (nSPS) is 16.3. The lowest BCUT2D eigenvalue weighted by atomic mass is 10.1. The molecular weight excluding hydrogens is 238 g/mol. The summed E-state index contributed by atoms with van der Waals surface area (Å²) in [5.41, 5.74) is 7.92. The van der Waals surface area contributed by atoms with Crippen LogP contribution in [0.1, 0.15) is 28.9 Å². The molecule has 1 aromatic heterocycles. The molecule has 0 radical (unpaired) electrons. The second-order valence-electron chi connectivity index (χ2n) is 5.27. The van der Waals surface area contributed by atoms with Gasteiger partial charge in [-0.2, -0.15) is 0 Å². The minimum atomic E-state index is -0.171. The first-order valence-corrected chi connectivity index (χ1v) is 6.52. The van der Waals surface area contributed by atoms with Crippen LogP contribution in [0, 0.1) is 6.92 Å². The van der Waals surface area contributed by atoms with Crippen molar-refractivity contribution in [1.82, 2.24) is 10.3 Å². The van der Waals surface area contributed by atoms with Gasteiger partial charge in [-0.15, -0.1) is 0 Å². The van der Waals surface area contributed by atoms with Crippen molar-refractivity contribution in [2.24, 2.45) is 5.73 Å². The minimum Gasteiger partial charge on any atom is -0.345 e. The Labute approximate surface area is 112 Å². The first-order chi connectivity index (χ1) is 9.13. The molecule has 19 heavy (non-hydrogen) atoms. The molecule has 4 heteroatoms. The monoisotopic (exact) mass is 255 g/mol. The maximum Gasteiger partial charge on any atom is 0.252 e. The number of nitrogens with zero attached hydrogens (tertiary/aromatic N) is 1. The number of hydrogen-bond acceptors (Lipinski definition) is 3. The van der Waals surface area contributed by atoms with Gasteiger partial charge in [-0.25, -0.2) is 0 Å². The van der Waals surface area contributed by atoms with Crippen LogP contribution in [0.2, 0.25) is 0 Å². The Bertz CT molecular complexity index is 647. The van der Waals surface area contributed by atoms with Crippen LogP contribution < -0.4 is 11.1 Å². The number of aromatic nitrogens is 1. The van der Waals surface area contributed by atoms with E-state index in [0.717, 1.165) is 29.4 Å². The number of benzene rings is 1. The first-order valence-electron chi connectivity index (χ1n) is 6.52. The lowest BCUT2D eigenvalue weighted by Crippen LogP contribution is -2.42. The summed E-state index contributed by atoms with van der Waals surface area (Å²) in [6.45, 7) is 2.40. The molecule has 0 saturated heterocycles. The highest BCUT2D eigenvalue weighted by Crippen LogP contribution is 2.34. The van der Waals surface area contributed by atoms with Gasteiger partial charge in [0.25, 0.3) is 5.91 Å². The number of rotatable bonds is 3. The number of nitrogens with one attached hydrogen (secondary N) is 1. The highest BCUT2D eigenvalue weighted by Gasteiger charge is 2.42. The highest BCUT2D eigenvalue weighted by molar-refractivity contribution is 6.06. The van der Waals surface area contributed by atoms with Gasteiger partial charge in [0.05, 0.1) is 16.6 Å². The zero-order valence-corrected chi connectivity index (χ0v) is 10.9. The fraction of sp³-hybridized carbons (Fsp3) is 0.333. The van der Waals surface area contributed by atoms with Crippen LogP contribution >= 0.6 is 0 Å². The van der Waals surface area contributed by atoms with Crippen molar-refractivity contribution in [3.63, 3.8) is 0 Å². The molecule has 4 nitrogen and oxygen atoms in total. The van der Waals surface area contributed by atoms with E-state index in [2.05, 4.69) is 10.3 Å². The summed E-state index contributed by atoms with van der Waals surface area (Å²) in [6, 6.07) is 9.54. The molecule has 1 saturated carbocycles. The average molecular weight is 255 g/mol.